The molecule has 0 saturated carbocycles. The molecule has 0 amide bonds. The first-order valence-corrected chi connectivity index (χ1v) is 11.8. The maximum Gasteiger partial charge on any atom is 0.338 e. The van der Waals surface area contributed by atoms with Crippen LogP contribution in [0, 0.1) is 0 Å². The van der Waals surface area contributed by atoms with E-state index in [1.807, 2.05) is 30.3 Å². The molecular formula is C26H24N2O6S. The normalized spacial score (nSPS) is 15.3. The molecule has 9 heteroatoms. The van der Waals surface area contributed by atoms with Crippen molar-refractivity contribution in [3.8, 4) is 11.5 Å². The number of carbonyl (C=O) groups is 2. The lowest BCUT2D eigenvalue weighted by Crippen LogP contribution is -2.40. The third-order valence-corrected chi connectivity index (χ3v) is 6.35. The Hall–Kier alpha value is -3.98. The minimum absolute atomic E-state index is 0.176. The van der Waals surface area contributed by atoms with Crippen LogP contribution in [0.4, 0.5) is 0 Å². The summed E-state index contributed by atoms with van der Waals surface area (Å²) in [6, 6.07) is 13.6. The number of carbonyl (C=O) groups excluding carboxylic acids is 2. The Balaban J connectivity index is 1.95. The molecule has 0 aliphatic carbocycles. The highest BCUT2D eigenvalue weighted by atomic mass is 32.1. The summed E-state index contributed by atoms with van der Waals surface area (Å²) < 4.78 is 17.9. The Labute approximate surface area is 205 Å². The maximum atomic E-state index is 13.6. The lowest BCUT2D eigenvalue weighted by atomic mass is 9.95. The van der Waals surface area contributed by atoms with Crippen molar-refractivity contribution >= 4 is 29.4 Å². The van der Waals surface area contributed by atoms with E-state index in [4.69, 9.17) is 14.2 Å². The zero-order chi connectivity index (χ0) is 25.1. The van der Waals surface area contributed by atoms with Crippen LogP contribution in [-0.4, -0.2) is 30.2 Å². The highest BCUT2D eigenvalue weighted by Gasteiger charge is 2.34. The number of rotatable bonds is 6. The van der Waals surface area contributed by atoms with Gasteiger partial charge >= 0.3 is 11.9 Å². The second-order valence-electron chi connectivity index (χ2n) is 7.72. The molecule has 1 atom stereocenters. The van der Waals surface area contributed by atoms with Crippen LogP contribution >= 0.6 is 11.3 Å². The summed E-state index contributed by atoms with van der Waals surface area (Å²) in [5.74, 6) is -0.521. The van der Waals surface area contributed by atoms with E-state index >= 15 is 0 Å². The number of hydrogen-bond donors (Lipinski definition) is 0. The van der Waals surface area contributed by atoms with Gasteiger partial charge in [0.2, 0.25) is 0 Å². The van der Waals surface area contributed by atoms with E-state index in [-0.39, 0.29) is 23.5 Å². The highest BCUT2D eigenvalue weighted by Crippen LogP contribution is 2.36. The highest BCUT2D eigenvalue weighted by molar-refractivity contribution is 7.07. The molecule has 1 aliphatic rings. The number of fused-ring (bicyclic) bond motifs is 1. The smallest absolute Gasteiger partial charge is 0.338 e. The van der Waals surface area contributed by atoms with E-state index in [9.17, 15) is 14.4 Å². The molecule has 180 valence electrons. The molecule has 3 aromatic rings. The molecule has 8 nitrogen and oxygen atoms in total. The summed E-state index contributed by atoms with van der Waals surface area (Å²) >= 11 is 1.25. The van der Waals surface area contributed by atoms with Crippen LogP contribution in [0.25, 0.3) is 6.08 Å². The average Bonchev–Trinajstić information content (AvgIpc) is 3.13. The van der Waals surface area contributed by atoms with Crippen molar-refractivity contribution in [1.29, 1.82) is 0 Å². The third-order valence-electron chi connectivity index (χ3n) is 5.37. The SMILES string of the molecule is CCOC(=O)C1=C(C)N=c2s/c(=C\c3ccccc3)c(=O)n2C1c1ccc(OC(C)=O)c(OC)c1. The Bertz CT molecular complexity index is 1500. The summed E-state index contributed by atoms with van der Waals surface area (Å²) in [4.78, 5) is 43.1. The van der Waals surface area contributed by atoms with Crippen molar-refractivity contribution in [3.63, 3.8) is 0 Å². The molecule has 1 aromatic heterocycles. The van der Waals surface area contributed by atoms with Gasteiger partial charge in [0, 0.05) is 6.92 Å². The van der Waals surface area contributed by atoms with Gasteiger partial charge in [0.25, 0.3) is 5.56 Å². The molecule has 35 heavy (non-hydrogen) atoms. The predicted octanol–water partition coefficient (Wildman–Crippen LogP) is 2.73. The second kappa shape index (κ2) is 10.1. The lowest BCUT2D eigenvalue weighted by Gasteiger charge is -2.25. The molecule has 0 N–H and O–H groups in total. The molecule has 0 bridgehead atoms. The zero-order valence-electron chi connectivity index (χ0n) is 19.7. The van der Waals surface area contributed by atoms with Gasteiger partial charge in [0.05, 0.1) is 35.6 Å². The van der Waals surface area contributed by atoms with Gasteiger partial charge in [-0.1, -0.05) is 47.7 Å². The van der Waals surface area contributed by atoms with Gasteiger partial charge in [0.1, 0.15) is 0 Å². The van der Waals surface area contributed by atoms with Crippen molar-refractivity contribution in [2.24, 2.45) is 4.99 Å². The van der Waals surface area contributed by atoms with Crippen LogP contribution in [0.3, 0.4) is 0 Å². The average molecular weight is 493 g/mol. The van der Waals surface area contributed by atoms with Gasteiger partial charge in [-0.3, -0.25) is 14.2 Å². The first-order valence-electron chi connectivity index (χ1n) is 10.9. The van der Waals surface area contributed by atoms with Crippen LogP contribution in [0.1, 0.15) is 37.9 Å². The zero-order valence-corrected chi connectivity index (χ0v) is 20.5. The number of benzene rings is 2. The Morgan fingerprint density at radius 1 is 1.14 bits per heavy atom. The largest absolute Gasteiger partial charge is 0.493 e. The van der Waals surface area contributed by atoms with Gasteiger partial charge in [-0.2, -0.15) is 0 Å². The molecule has 1 unspecified atom stereocenters. The number of allylic oxidation sites excluding steroid dienone is 1. The van der Waals surface area contributed by atoms with Gasteiger partial charge in [-0.05, 0) is 43.2 Å². The van der Waals surface area contributed by atoms with Crippen molar-refractivity contribution in [3.05, 3.63) is 90.6 Å². The second-order valence-corrected chi connectivity index (χ2v) is 8.73. The van der Waals surface area contributed by atoms with E-state index in [0.29, 0.717) is 26.3 Å². The molecule has 0 fully saturated rings. The fourth-order valence-electron chi connectivity index (χ4n) is 3.90. The number of hydrogen-bond acceptors (Lipinski definition) is 8. The number of nitrogens with zero attached hydrogens (tertiary/aromatic N) is 2. The Morgan fingerprint density at radius 2 is 1.89 bits per heavy atom. The Kier molecular flexibility index (Phi) is 6.97. The van der Waals surface area contributed by atoms with E-state index in [1.165, 1.54) is 29.9 Å². The third kappa shape index (κ3) is 4.81. The number of ether oxygens (including phenoxy) is 3. The summed E-state index contributed by atoms with van der Waals surface area (Å²) in [6.45, 7) is 4.91. The minimum atomic E-state index is -0.802. The monoisotopic (exact) mass is 492 g/mol. The number of esters is 2. The molecule has 0 radical (unpaired) electrons. The topological polar surface area (TPSA) is 96.2 Å². The summed E-state index contributed by atoms with van der Waals surface area (Å²) in [5, 5.41) is 0. The molecule has 4 rings (SSSR count). The summed E-state index contributed by atoms with van der Waals surface area (Å²) in [5.41, 5.74) is 1.90. The number of thiazole rings is 1. The standard InChI is InChI=1S/C26H24N2O6S/c1-5-33-25(31)22-15(2)27-26-28(24(30)21(35-26)13-17-9-7-6-8-10-17)23(22)18-11-12-19(34-16(3)29)20(14-18)32-4/h6-14,23H,5H2,1-4H3/b21-13-. The van der Waals surface area contributed by atoms with Crippen LogP contribution in [0.2, 0.25) is 0 Å². The van der Waals surface area contributed by atoms with Gasteiger partial charge in [-0.15, -0.1) is 0 Å². The summed E-state index contributed by atoms with van der Waals surface area (Å²) in [7, 11) is 1.45. The fraction of sp³-hybridized carbons (Fsp3) is 0.231. The van der Waals surface area contributed by atoms with Crippen molar-refractivity contribution in [2.45, 2.75) is 26.8 Å². The molecule has 2 heterocycles. The minimum Gasteiger partial charge on any atom is -0.493 e. The lowest BCUT2D eigenvalue weighted by molar-refractivity contribution is -0.139. The van der Waals surface area contributed by atoms with Crippen LogP contribution in [0.5, 0.6) is 11.5 Å². The van der Waals surface area contributed by atoms with E-state index in [0.717, 1.165) is 5.56 Å². The predicted molar refractivity (Wildman–Crippen MR) is 131 cm³/mol. The van der Waals surface area contributed by atoms with Crippen LogP contribution < -0.4 is 24.4 Å². The van der Waals surface area contributed by atoms with Gasteiger partial charge < -0.3 is 14.2 Å². The number of aromatic nitrogens is 1. The quantitative estimate of drug-likeness (QED) is 0.388. The van der Waals surface area contributed by atoms with Crippen molar-refractivity contribution in [1.82, 2.24) is 4.57 Å². The molecule has 0 saturated heterocycles. The molecule has 2 aromatic carbocycles. The van der Waals surface area contributed by atoms with Crippen LogP contribution in [0.15, 0.2) is 69.6 Å². The van der Waals surface area contributed by atoms with Crippen LogP contribution in [-0.2, 0) is 14.3 Å². The van der Waals surface area contributed by atoms with Gasteiger partial charge in [-0.25, -0.2) is 9.79 Å². The number of methoxy groups -OCH3 is 1. The van der Waals surface area contributed by atoms with Crippen molar-refractivity contribution < 1.29 is 23.8 Å². The maximum absolute atomic E-state index is 13.6. The van der Waals surface area contributed by atoms with E-state index in [1.54, 1.807) is 38.1 Å². The summed E-state index contributed by atoms with van der Waals surface area (Å²) in [6.07, 6.45) is 1.80. The van der Waals surface area contributed by atoms with E-state index in [2.05, 4.69) is 4.99 Å². The molecular weight excluding hydrogens is 468 g/mol. The molecule has 1 aliphatic heterocycles. The first kappa shape index (κ1) is 24.2. The fourth-order valence-corrected chi connectivity index (χ4v) is 4.95. The van der Waals surface area contributed by atoms with Crippen molar-refractivity contribution in [2.75, 3.05) is 13.7 Å². The molecule has 0 spiro atoms. The van der Waals surface area contributed by atoms with Gasteiger partial charge in [0.15, 0.2) is 16.3 Å². The van der Waals surface area contributed by atoms with E-state index < -0.39 is 18.0 Å². The Morgan fingerprint density at radius 3 is 2.54 bits per heavy atom. The first-order chi connectivity index (χ1) is 16.8.